The van der Waals surface area contributed by atoms with Crippen molar-refractivity contribution in [2.75, 3.05) is 5.43 Å². The summed E-state index contributed by atoms with van der Waals surface area (Å²) in [4.78, 5) is 30.5. The van der Waals surface area contributed by atoms with Crippen LogP contribution in [0.3, 0.4) is 0 Å². The second kappa shape index (κ2) is 9.41. The van der Waals surface area contributed by atoms with Crippen LogP contribution in [0.15, 0.2) is 64.5 Å². The van der Waals surface area contributed by atoms with Gasteiger partial charge in [0.2, 0.25) is 5.95 Å². The van der Waals surface area contributed by atoms with E-state index in [1.807, 2.05) is 6.92 Å². The molecule has 3 rings (SSSR count). The molecule has 2 aromatic carbocycles. The molecule has 7 nitrogen and oxygen atoms in total. The fraction of sp³-hybridized carbons (Fsp3) is 0.143. The van der Waals surface area contributed by atoms with Gasteiger partial charge in [0.15, 0.2) is 0 Å². The predicted octanol–water partition coefficient (Wildman–Crippen LogP) is 3.53. The summed E-state index contributed by atoms with van der Waals surface area (Å²) in [6.45, 7) is 2.01. The third-order valence-corrected chi connectivity index (χ3v) is 3.86. The lowest BCUT2D eigenvalue weighted by Crippen LogP contribution is -2.12. The van der Waals surface area contributed by atoms with Crippen molar-refractivity contribution < 1.29 is 13.9 Å². The molecule has 148 valence electrons. The summed E-state index contributed by atoms with van der Waals surface area (Å²) < 4.78 is 18.2. The zero-order valence-electron chi connectivity index (χ0n) is 15.7. The molecule has 0 saturated heterocycles. The zero-order valence-corrected chi connectivity index (χ0v) is 15.7. The van der Waals surface area contributed by atoms with Gasteiger partial charge in [-0.15, -0.1) is 0 Å². The number of anilines is 1. The number of hydrazone groups is 1. The summed E-state index contributed by atoms with van der Waals surface area (Å²) in [5.74, 6) is -0.380. The van der Waals surface area contributed by atoms with Gasteiger partial charge in [0.25, 0.3) is 5.56 Å². The molecule has 0 aliphatic rings. The largest absolute Gasteiger partial charge is 0.423 e. The Labute approximate surface area is 166 Å². The summed E-state index contributed by atoms with van der Waals surface area (Å²) in [6.07, 6.45) is 3.13. The Morgan fingerprint density at radius 1 is 1.21 bits per heavy atom. The second-order valence-electron chi connectivity index (χ2n) is 6.17. The Morgan fingerprint density at radius 3 is 2.62 bits per heavy atom. The lowest BCUT2D eigenvalue weighted by atomic mass is 10.2. The van der Waals surface area contributed by atoms with E-state index in [0.29, 0.717) is 17.9 Å². The number of H-pyrrole nitrogens is 1. The van der Waals surface area contributed by atoms with Gasteiger partial charge in [0, 0.05) is 11.8 Å². The number of esters is 1. The van der Waals surface area contributed by atoms with E-state index in [0.717, 1.165) is 12.0 Å². The molecule has 0 radical (unpaired) electrons. The summed E-state index contributed by atoms with van der Waals surface area (Å²) in [5, 5.41) is 4.05. The Bertz CT molecular complexity index is 1060. The van der Waals surface area contributed by atoms with Crippen molar-refractivity contribution in [3.63, 3.8) is 0 Å². The van der Waals surface area contributed by atoms with Crippen molar-refractivity contribution >= 4 is 18.1 Å². The van der Waals surface area contributed by atoms with Gasteiger partial charge < -0.3 is 4.74 Å². The van der Waals surface area contributed by atoms with E-state index in [4.69, 9.17) is 4.74 Å². The third kappa shape index (κ3) is 5.83. The number of benzene rings is 2. The molecule has 2 N–H and O–H groups in total. The molecule has 8 heteroatoms. The number of carbonyl (C=O) groups excluding carboxylic acids is 1. The minimum atomic E-state index is -0.574. The Hall–Kier alpha value is -3.81. The van der Waals surface area contributed by atoms with Crippen molar-refractivity contribution in [2.24, 2.45) is 5.10 Å². The van der Waals surface area contributed by atoms with Crippen LogP contribution in [0.2, 0.25) is 0 Å². The van der Waals surface area contributed by atoms with Gasteiger partial charge in [0.05, 0.1) is 11.8 Å². The average Bonchev–Trinajstić information content (AvgIpc) is 2.70. The first kappa shape index (κ1) is 19.9. The van der Waals surface area contributed by atoms with Crippen LogP contribution < -0.4 is 15.7 Å². The van der Waals surface area contributed by atoms with E-state index >= 15 is 0 Å². The van der Waals surface area contributed by atoms with Crippen LogP contribution in [0.25, 0.3) is 0 Å². The highest BCUT2D eigenvalue weighted by Gasteiger charge is 2.08. The first-order valence-corrected chi connectivity index (χ1v) is 9.00. The average molecular weight is 394 g/mol. The lowest BCUT2D eigenvalue weighted by molar-refractivity contribution is 0.0734. The van der Waals surface area contributed by atoms with Crippen LogP contribution in [-0.4, -0.2) is 22.2 Å². The van der Waals surface area contributed by atoms with Gasteiger partial charge >= 0.3 is 5.97 Å². The van der Waals surface area contributed by atoms with Gasteiger partial charge in [-0.1, -0.05) is 13.3 Å². The summed E-state index contributed by atoms with van der Waals surface area (Å²) in [5.41, 5.74) is 4.15. The van der Waals surface area contributed by atoms with Gasteiger partial charge in [-0.3, -0.25) is 9.78 Å². The minimum absolute atomic E-state index is 0.242. The highest BCUT2D eigenvalue weighted by molar-refractivity contribution is 5.91. The fourth-order valence-corrected chi connectivity index (χ4v) is 2.49. The molecule has 0 unspecified atom stereocenters. The molecule has 29 heavy (non-hydrogen) atoms. The Balaban J connectivity index is 1.59. The molecule has 3 aromatic rings. The zero-order chi connectivity index (χ0) is 20.6. The molecular weight excluding hydrogens is 375 g/mol. The van der Waals surface area contributed by atoms with Crippen molar-refractivity contribution in [3.8, 4) is 5.75 Å². The fourth-order valence-electron chi connectivity index (χ4n) is 2.49. The number of aryl methyl sites for hydroxylation is 1. The van der Waals surface area contributed by atoms with E-state index in [2.05, 4.69) is 20.5 Å². The number of aromatic amines is 1. The molecule has 0 saturated carbocycles. The molecule has 0 atom stereocenters. The van der Waals surface area contributed by atoms with E-state index in [9.17, 15) is 14.0 Å². The summed E-state index contributed by atoms with van der Waals surface area (Å²) in [7, 11) is 0. The van der Waals surface area contributed by atoms with Crippen LogP contribution in [0, 0.1) is 5.82 Å². The van der Waals surface area contributed by atoms with E-state index in [1.165, 1.54) is 36.5 Å². The number of nitrogens with zero attached hydrogens (tertiary/aromatic N) is 2. The van der Waals surface area contributed by atoms with Crippen molar-refractivity contribution in [1.29, 1.82) is 0 Å². The highest BCUT2D eigenvalue weighted by Crippen LogP contribution is 2.14. The van der Waals surface area contributed by atoms with Gasteiger partial charge in [0.1, 0.15) is 11.6 Å². The molecule has 0 spiro atoms. The molecule has 0 amide bonds. The van der Waals surface area contributed by atoms with E-state index in [-0.39, 0.29) is 17.1 Å². The second-order valence-corrected chi connectivity index (χ2v) is 6.17. The number of hydrogen-bond acceptors (Lipinski definition) is 6. The number of rotatable bonds is 7. The third-order valence-electron chi connectivity index (χ3n) is 3.86. The maximum Gasteiger partial charge on any atom is 0.343 e. The highest BCUT2D eigenvalue weighted by atomic mass is 19.1. The Morgan fingerprint density at radius 2 is 1.93 bits per heavy atom. The standard InChI is InChI=1S/C21H19FN4O3/c1-2-3-17-12-19(27)25-21(24-17)26-23-13-14-4-10-18(11-5-14)29-20(28)15-6-8-16(22)9-7-15/h4-13H,2-3H2,1H3,(H2,24,25,26,27)/b23-13+. The van der Waals surface area contributed by atoms with Crippen molar-refractivity contribution in [1.82, 2.24) is 9.97 Å². The topological polar surface area (TPSA) is 96.4 Å². The van der Waals surface area contributed by atoms with E-state index < -0.39 is 11.8 Å². The number of ether oxygens (including phenoxy) is 1. The van der Waals surface area contributed by atoms with Crippen molar-refractivity contribution in [2.45, 2.75) is 19.8 Å². The molecule has 1 aromatic heterocycles. The number of hydrogen-bond donors (Lipinski definition) is 2. The minimum Gasteiger partial charge on any atom is -0.423 e. The molecule has 0 aliphatic heterocycles. The molecule has 1 heterocycles. The first-order chi connectivity index (χ1) is 14.0. The summed E-state index contributed by atoms with van der Waals surface area (Å²) in [6, 6.07) is 13.2. The van der Waals surface area contributed by atoms with Crippen LogP contribution in [0.5, 0.6) is 5.75 Å². The molecule has 0 bridgehead atoms. The predicted molar refractivity (Wildman–Crippen MR) is 108 cm³/mol. The quantitative estimate of drug-likeness (QED) is 0.277. The Kier molecular flexibility index (Phi) is 6.47. The van der Waals surface area contributed by atoms with Crippen LogP contribution in [0.1, 0.15) is 35.0 Å². The SMILES string of the molecule is CCCc1cc(=O)[nH]c(N/N=C/c2ccc(OC(=O)c3ccc(F)cc3)cc2)n1. The molecule has 0 aliphatic carbocycles. The summed E-state index contributed by atoms with van der Waals surface area (Å²) >= 11 is 0. The van der Waals surface area contributed by atoms with Gasteiger partial charge in [-0.05, 0) is 60.5 Å². The monoisotopic (exact) mass is 394 g/mol. The lowest BCUT2D eigenvalue weighted by Gasteiger charge is -2.05. The number of aromatic nitrogens is 2. The number of nitrogens with one attached hydrogen (secondary N) is 2. The normalized spacial score (nSPS) is 10.8. The number of halogens is 1. The van der Waals surface area contributed by atoms with Crippen LogP contribution in [-0.2, 0) is 6.42 Å². The van der Waals surface area contributed by atoms with E-state index in [1.54, 1.807) is 24.3 Å². The first-order valence-electron chi connectivity index (χ1n) is 9.00. The van der Waals surface area contributed by atoms with Crippen LogP contribution >= 0.6 is 0 Å². The van der Waals surface area contributed by atoms with Crippen molar-refractivity contribution in [3.05, 3.63) is 87.6 Å². The molecular formula is C21H19FN4O3. The maximum atomic E-state index is 12.9. The smallest absolute Gasteiger partial charge is 0.343 e. The van der Waals surface area contributed by atoms with Gasteiger partial charge in [-0.25, -0.2) is 19.6 Å². The number of carbonyl (C=O) groups is 1. The molecule has 0 fully saturated rings. The van der Waals surface area contributed by atoms with Crippen LogP contribution in [0.4, 0.5) is 10.3 Å². The van der Waals surface area contributed by atoms with Gasteiger partial charge in [-0.2, -0.15) is 5.10 Å². The maximum absolute atomic E-state index is 12.9.